The standard InChI is InChI=1S/C11H20N2O3S/c1-8(14)12-10(7-17)11(15)13(2)9-3-5-16-6-4-9/h9-10,17H,3-7H2,1-2H3,(H,12,14). The largest absolute Gasteiger partial charge is 0.381 e. The molecule has 0 bridgehead atoms. The topological polar surface area (TPSA) is 58.6 Å². The Bertz CT molecular complexity index is 280. The van der Waals surface area contributed by atoms with Crippen LogP contribution in [0.3, 0.4) is 0 Å². The van der Waals surface area contributed by atoms with Crippen molar-refractivity contribution in [3.05, 3.63) is 0 Å². The Labute approximate surface area is 107 Å². The first-order valence-electron chi connectivity index (χ1n) is 5.78. The molecule has 0 aromatic heterocycles. The molecular weight excluding hydrogens is 240 g/mol. The van der Waals surface area contributed by atoms with Gasteiger partial charge in [-0.25, -0.2) is 0 Å². The monoisotopic (exact) mass is 260 g/mol. The van der Waals surface area contributed by atoms with Gasteiger partial charge in [0, 0.05) is 39.0 Å². The SMILES string of the molecule is CC(=O)NC(CS)C(=O)N(C)C1CCOCC1. The summed E-state index contributed by atoms with van der Waals surface area (Å²) in [6.45, 7) is 2.78. The second kappa shape index (κ2) is 6.86. The van der Waals surface area contributed by atoms with Crippen molar-refractivity contribution in [1.82, 2.24) is 10.2 Å². The van der Waals surface area contributed by atoms with E-state index in [-0.39, 0.29) is 17.9 Å². The zero-order valence-electron chi connectivity index (χ0n) is 10.3. The minimum Gasteiger partial charge on any atom is -0.381 e. The smallest absolute Gasteiger partial charge is 0.245 e. The lowest BCUT2D eigenvalue weighted by Gasteiger charge is -2.33. The van der Waals surface area contributed by atoms with Crippen LogP contribution in [0.1, 0.15) is 19.8 Å². The average Bonchev–Trinajstić information content (AvgIpc) is 2.35. The van der Waals surface area contributed by atoms with Crippen molar-refractivity contribution in [3.8, 4) is 0 Å². The number of nitrogens with zero attached hydrogens (tertiary/aromatic N) is 1. The fourth-order valence-corrected chi connectivity index (χ4v) is 2.18. The predicted molar refractivity (Wildman–Crippen MR) is 68.1 cm³/mol. The minimum absolute atomic E-state index is 0.0814. The van der Waals surface area contributed by atoms with Gasteiger partial charge in [0.25, 0.3) is 0 Å². The second-order valence-electron chi connectivity index (χ2n) is 4.23. The molecule has 1 unspecified atom stereocenters. The number of thiol groups is 1. The molecule has 1 heterocycles. The maximum absolute atomic E-state index is 12.1. The molecule has 6 heteroatoms. The van der Waals surface area contributed by atoms with Gasteiger partial charge in [0.2, 0.25) is 11.8 Å². The van der Waals surface area contributed by atoms with Crippen LogP contribution in [0.15, 0.2) is 0 Å². The van der Waals surface area contributed by atoms with Gasteiger partial charge in [-0.2, -0.15) is 12.6 Å². The lowest BCUT2D eigenvalue weighted by Crippen LogP contribution is -2.51. The van der Waals surface area contributed by atoms with Crippen LogP contribution in [-0.4, -0.2) is 54.8 Å². The molecule has 0 aromatic carbocycles. The summed E-state index contributed by atoms with van der Waals surface area (Å²) in [6.07, 6.45) is 1.70. The van der Waals surface area contributed by atoms with Crippen molar-refractivity contribution in [2.45, 2.75) is 31.8 Å². The Hall–Kier alpha value is -0.750. The Morgan fingerprint density at radius 2 is 2.06 bits per heavy atom. The number of ether oxygens (including phenoxy) is 1. The summed E-state index contributed by atoms with van der Waals surface area (Å²) in [5.74, 6) is 0.0197. The van der Waals surface area contributed by atoms with Gasteiger partial charge >= 0.3 is 0 Å². The maximum atomic E-state index is 12.1. The third kappa shape index (κ3) is 4.20. The van der Waals surface area contributed by atoms with Crippen LogP contribution in [0.5, 0.6) is 0 Å². The first kappa shape index (κ1) is 14.3. The minimum atomic E-state index is -0.538. The van der Waals surface area contributed by atoms with Crippen LogP contribution in [-0.2, 0) is 14.3 Å². The molecule has 0 spiro atoms. The van der Waals surface area contributed by atoms with E-state index in [0.717, 1.165) is 12.8 Å². The summed E-state index contributed by atoms with van der Waals surface area (Å²) < 4.78 is 5.26. The highest BCUT2D eigenvalue weighted by atomic mass is 32.1. The van der Waals surface area contributed by atoms with E-state index in [2.05, 4.69) is 17.9 Å². The molecule has 2 amide bonds. The molecule has 17 heavy (non-hydrogen) atoms. The van der Waals surface area contributed by atoms with Crippen molar-refractivity contribution < 1.29 is 14.3 Å². The van der Waals surface area contributed by atoms with E-state index in [1.165, 1.54) is 6.92 Å². The summed E-state index contributed by atoms with van der Waals surface area (Å²) in [6, 6.07) is -0.337. The van der Waals surface area contributed by atoms with E-state index >= 15 is 0 Å². The van der Waals surface area contributed by atoms with Crippen LogP contribution < -0.4 is 5.32 Å². The normalized spacial score (nSPS) is 18.5. The number of carbonyl (C=O) groups excluding carboxylic acids is 2. The van der Waals surface area contributed by atoms with E-state index in [0.29, 0.717) is 19.0 Å². The highest BCUT2D eigenvalue weighted by Gasteiger charge is 2.27. The lowest BCUT2D eigenvalue weighted by molar-refractivity contribution is -0.137. The Balaban J connectivity index is 2.56. The molecule has 0 saturated carbocycles. The van der Waals surface area contributed by atoms with Gasteiger partial charge in [0.15, 0.2) is 0 Å². The van der Waals surface area contributed by atoms with Gasteiger partial charge in [-0.15, -0.1) is 0 Å². The predicted octanol–water partition coefficient (Wildman–Crippen LogP) is 0.0583. The summed E-state index contributed by atoms with van der Waals surface area (Å²) >= 11 is 4.10. The molecule has 1 aliphatic rings. The molecule has 1 rings (SSSR count). The van der Waals surface area contributed by atoms with Gasteiger partial charge < -0.3 is 15.0 Å². The summed E-state index contributed by atoms with van der Waals surface area (Å²) in [5, 5.41) is 2.61. The molecule has 1 aliphatic heterocycles. The summed E-state index contributed by atoms with van der Waals surface area (Å²) in [4.78, 5) is 24.8. The molecule has 1 N–H and O–H groups in total. The number of nitrogens with one attached hydrogen (secondary N) is 1. The van der Waals surface area contributed by atoms with E-state index in [4.69, 9.17) is 4.74 Å². The highest BCUT2D eigenvalue weighted by molar-refractivity contribution is 7.80. The number of hydrogen-bond acceptors (Lipinski definition) is 4. The molecule has 1 fully saturated rings. The Morgan fingerprint density at radius 1 is 1.47 bits per heavy atom. The molecule has 0 aromatic rings. The Kier molecular flexibility index (Phi) is 5.77. The van der Waals surface area contributed by atoms with Crippen molar-refractivity contribution in [2.75, 3.05) is 26.0 Å². The quantitative estimate of drug-likeness (QED) is 0.703. The summed E-state index contributed by atoms with van der Waals surface area (Å²) in [5.41, 5.74) is 0. The highest BCUT2D eigenvalue weighted by Crippen LogP contribution is 2.14. The number of rotatable bonds is 4. The van der Waals surface area contributed by atoms with Crippen LogP contribution in [0, 0.1) is 0 Å². The maximum Gasteiger partial charge on any atom is 0.245 e. The van der Waals surface area contributed by atoms with Gasteiger partial charge in [0.1, 0.15) is 6.04 Å². The molecular formula is C11H20N2O3S. The number of carbonyl (C=O) groups is 2. The molecule has 0 aliphatic carbocycles. The van der Waals surface area contributed by atoms with Crippen LogP contribution in [0.4, 0.5) is 0 Å². The van der Waals surface area contributed by atoms with E-state index < -0.39 is 6.04 Å². The lowest BCUT2D eigenvalue weighted by atomic mass is 10.1. The van der Waals surface area contributed by atoms with E-state index in [1.807, 2.05) is 0 Å². The molecule has 1 saturated heterocycles. The van der Waals surface area contributed by atoms with Gasteiger partial charge in [-0.3, -0.25) is 9.59 Å². The number of hydrogen-bond donors (Lipinski definition) is 2. The van der Waals surface area contributed by atoms with Crippen LogP contribution in [0.25, 0.3) is 0 Å². The third-order valence-corrected chi connectivity index (χ3v) is 3.31. The Morgan fingerprint density at radius 3 is 2.53 bits per heavy atom. The molecule has 5 nitrogen and oxygen atoms in total. The second-order valence-corrected chi connectivity index (χ2v) is 4.59. The van der Waals surface area contributed by atoms with E-state index in [9.17, 15) is 9.59 Å². The zero-order chi connectivity index (χ0) is 12.8. The van der Waals surface area contributed by atoms with Gasteiger partial charge in [-0.05, 0) is 12.8 Å². The van der Waals surface area contributed by atoms with Crippen LogP contribution >= 0.6 is 12.6 Å². The zero-order valence-corrected chi connectivity index (χ0v) is 11.2. The molecule has 0 radical (unpaired) electrons. The van der Waals surface area contributed by atoms with E-state index in [1.54, 1.807) is 11.9 Å². The fourth-order valence-electron chi connectivity index (χ4n) is 1.93. The molecule has 1 atom stereocenters. The first-order chi connectivity index (χ1) is 8.06. The summed E-state index contributed by atoms with van der Waals surface area (Å²) in [7, 11) is 1.77. The van der Waals surface area contributed by atoms with Crippen LogP contribution in [0.2, 0.25) is 0 Å². The molecule has 98 valence electrons. The van der Waals surface area contributed by atoms with Crippen molar-refractivity contribution in [3.63, 3.8) is 0 Å². The van der Waals surface area contributed by atoms with Crippen molar-refractivity contribution in [1.29, 1.82) is 0 Å². The average molecular weight is 260 g/mol. The third-order valence-electron chi connectivity index (χ3n) is 2.94. The van der Waals surface area contributed by atoms with Crippen molar-refractivity contribution >= 4 is 24.4 Å². The number of amides is 2. The van der Waals surface area contributed by atoms with Crippen molar-refractivity contribution in [2.24, 2.45) is 0 Å². The number of likely N-dealkylation sites (N-methyl/N-ethyl adjacent to an activating group) is 1. The van der Waals surface area contributed by atoms with Gasteiger partial charge in [-0.1, -0.05) is 0 Å². The first-order valence-corrected chi connectivity index (χ1v) is 6.42. The fraction of sp³-hybridized carbons (Fsp3) is 0.818. The van der Waals surface area contributed by atoms with Gasteiger partial charge in [0.05, 0.1) is 0 Å².